The SMILES string of the molecule is CCCCCCN=C1C=C/C(=C2/C(=O)C(=O)C(c3ccc(N4CCCCC4)s3)=C2O)S1. The number of thiophene rings is 1. The number of aliphatic hydroxyl groups is 1. The van der Waals surface area contributed by atoms with Crippen LogP contribution in [0.1, 0.15) is 56.7 Å². The Morgan fingerprint density at radius 3 is 2.55 bits per heavy atom. The number of hydrogen-bond donors (Lipinski definition) is 1. The molecule has 0 radical (unpaired) electrons. The number of carbonyl (C=O) groups excluding carboxylic acids is 2. The summed E-state index contributed by atoms with van der Waals surface area (Å²) in [6.07, 6.45) is 11.8. The van der Waals surface area contributed by atoms with Crippen LogP contribution in [-0.2, 0) is 9.59 Å². The van der Waals surface area contributed by atoms with Crippen molar-refractivity contribution in [3.63, 3.8) is 0 Å². The number of aliphatic hydroxyl groups excluding tert-OH is 1. The van der Waals surface area contributed by atoms with Crippen molar-refractivity contribution in [2.45, 2.75) is 51.9 Å². The Balaban J connectivity index is 1.53. The van der Waals surface area contributed by atoms with Crippen LogP contribution in [0.25, 0.3) is 5.57 Å². The van der Waals surface area contributed by atoms with Crippen molar-refractivity contribution in [2.24, 2.45) is 4.99 Å². The van der Waals surface area contributed by atoms with Crippen molar-refractivity contribution < 1.29 is 14.7 Å². The predicted octanol–water partition coefficient (Wildman–Crippen LogP) is 5.70. The largest absolute Gasteiger partial charge is 0.506 e. The van der Waals surface area contributed by atoms with Gasteiger partial charge in [0.25, 0.3) is 0 Å². The molecule has 3 heterocycles. The first kappa shape index (κ1) is 22.1. The number of nitrogens with zero attached hydrogens (tertiary/aromatic N) is 2. The van der Waals surface area contributed by atoms with E-state index in [1.165, 1.54) is 55.2 Å². The van der Waals surface area contributed by atoms with E-state index < -0.39 is 11.6 Å². The molecule has 1 fully saturated rings. The molecule has 1 saturated heterocycles. The van der Waals surface area contributed by atoms with Crippen LogP contribution < -0.4 is 4.90 Å². The second-order valence-electron chi connectivity index (χ2n) is 8.02. The van der Waals surface area contributed by atoms with Crippen LogP contribution in [0, 0.1) is 0 Å². The Kier molecular flexibility index (Phi) is 7.13. The van der Waals surface area contributed by atoms with E-state index in [1.807, 2.05) is 18.2 Å². The van der Waals surface area contributed by atoms with Gasteiger partial charge in [-0.25, -0.2) is 0 Å². The summed E-state index contributed by atoms with van der Waals surface area (Å²) in [4.78, 5) is 33.6. The molecule has 0 atom stereocenters. The van der Waals surface area contributed by atoms with Gasteiger partial charge in [0.1, 0.15) is 5.76 Å². The fourth-order valence-electron chi connectivity index (χ4n) is 4.05. The summed E-state index contributed by atoms with van der Waals surface area (Å²) in [7, 11) is 0. The second kappa shape index (κ2) is 10.0. The molecule has 0 aromatic carbocycles. The van der Waals surface area contributed by atoms with Crippen LogP contribution in [0.3, 0.4) is 0 Å². The summed E-state index contributed by atoms with van der Waals surface area (Å²) < 4.78 is 0. The number of aliphatic imine (C=N–C) groups is 1. The van der Waals surface area contributed by atoms with Crippen molar-refractivity contribution in [3.8, 4) is 0 Å². The molecule has 164 valence electrons. The lowest BCUT2D eigenvalue weighted by Gasteiger charge is -2.27. The van der Waals surface area contributed by atoms with E-state index >= 15 is 0 Å². The number of hydrogen-bond acceptors (Lipinski definition) is 7. The third kappa shape index (κ3) is 4.72. The van der Waals surface area contributed by atoms with Gasteiger partial charge in [0, 0.05) is 29.4 Å². The van der Waals surface area contributed by atoms with E-state index in [2.05, 4.69) is 16.8 Å². The molecule has 0 amide bonds. The summed E-state index contributed by atoms with van der Waals surface area (Å²) in [5.41, 5.74) is 0.255. The van der Waals surface area contributed by atoms with Crippen LogP contribution in [0.15, 0.2) is 45.5 Å². The summed E-state index contributed by atoms with van der Waals surface area (Å²) in [6.45, 7) is 4.95. The number of thioether (sulfide) groups is 1. The highest BCUT2D eigenvalue weighted by molar-refractivity contribution is 8.18. The molecule has 0 bridgehead atoms. The Hall–Kier alpha value is -2.12. The van der Waals surface area contributed by atoms with Crippen LogP contribution >= 0.6 is 23.1 Å². The van der Waals surface area contributed by atoms with Crippen molar-refractivity contribution in [3.05, 3.63) is 45.4 Å². The lowest BCUT2D eigenvalue weighted by atomic mass is 10.1. The highest BCUT2D eigenvalue weighted by Crippen LogP contribution is 2.42. The van der Waals surface area contributed by atoms with E-state index in [-0.39, 0.29) is 16.9 Å². The Morgan fingerprint density at radius 2 is 1.77 bits per heavy atom. The fraction of sp³-hybridized carbons (Fsp3) is 0.458. The zero-order chi connectivity index (χ0) is 21.8. The van der Waals surface area contributed by atoms with Crippen LogP contribution in [0.5, 0.6) is 0 Å². The Morgan fingerprint density at radius 1 is 1.00 bits per heavy atom. The molecular weight excluding hydrogens is 428 g/mol. The maximum Gasteiger partial charge on any atom is 0.238 e. The number of rotatable bonds is 7. The minimum absolute atomic E-state index is 0.116. The molecule has 31 heavy (non-hydrogen) atoms. The minimum Gasteiger partial charge on any atom is -0.506 e. The minimum atomic E-state index is -0.628. The number of anilines is 1. The molecule has 7 heteroatoms. The first-order chi connectivity index (χ1) is 15.1. The number of ketones is 2. The Bertz CT molecular complexity index is 994. The van der Waals surface area contributed by atoms with E-state index in [1.54, 1.807) is 6.08 Å². The second-order valence-corrected chi connectivity index (χ2v) is 10.1. The van der Waals surface area contributed by atoms with Crippen LogP contribution in [0.2, 0.25) is 0 Å². The van der Waals surface area contributed by atoms with E-state index in [4.69, 9.17) is 0 Å². The molecule has 1 aromatic rings. The van der Waals surface area contributed by atoms with Crippen LogP contribution in [0.4, 0.5) is 5.00 Å². The first-order valence-electron chi connectivity index (χ1n) is 11.1. The van der Waals surface area contributed by atoms with Crippen LogP contribution in [-0.4, -0.2) is 41.4 Å². The van der Waals surface area contributed by atoms with E-state index in [0.717, 1.165) is 42.5 Å². The highest BCUT2D eigenvalue weighted by Gasteiger charge is 2.40. The predicted molar refractivity (Wildman–Crippen MR) is 130 cm³/mol. The number of unbranched alkanes of at least 4 members (excludes halogenated alkanes) is 3. The number of carbonyl (C=O) groups is 2. The van der Waals surface area contributed by atoms with Gasteiger partial charge in [-0.05, 0) is 50.0 Å². The molecule has 1 aliphatic carbocycles. The van der Waals surface area contributed by atoms with Crippen molar-refractivity contribution in [1.82, 2.24) is 0 Å². The number of Topliss-reactive ketones (excluding diaryl/α,β-unsaturated/α-hetero) is 2. The summed E-state index contributed by atoms with van der Waals surface area (Å²) in [6, 6.07) is 3.84. The third-order valence-electron chi connectivity index (χ3n) is 5.76. The van der Waals surface area contributed by atoms with Gasteiger partial charge in [0.2, 0.25) is 11.6 Å². The standard InChI is InChI=1S/C24H28N2O3S2/c1-2-3-4-6-13-25-18-11-9-16(30-18)20-22(27)21(24(29)23(20)28)17-10-12-19(31-17)26-14-7-5-8-15-26/h9-12,27H,2-8,13-15H2,1H3/b20-16-,25-18?. The number of allylic oxidation sites excluding steroid dienone is 3. The lowest BCUT2D eigenvalue weighted by molar-refractivity contribution is -0.130. The average molecular weight is 457 g/mol. The quantitative estimate of drug-likeness (QED) is 0.324. The van der Waals surface area contributed by atoms with Crippen molar-refractivity contribution >= 4 is 50.3 Å². The van der Waals surface area contributed by atoms with Gasteiger partial charge in [0.15, 0.2) is 0 Å². The van der Waals surface area contributed by atoms with Crippen molar-refractivity contribution in [2.75, 3.05) is 24.5 Å². The molecule has 2 aliphatic heterocycles. The monoisotopic (exact) mass is 456 g/mol. The highest BCUT2D eigenvalue weighted by atomic mass is 32.2. The normalized spacial score (nSPS) is 23.1. The maximum absolute atomic E-state index is 12.8. The number of piperidine rings is 1. The topological polar surface area (TPSA) is 70.0 Å². The van der Waals surface area contributed by atoms with Gasteiger partial charge in [-0.1, -0.05) is 37.9 Å². The molecule has 0 saturated carbocycles. The molecule has 3 aliphatic rings. The molecule has 0 unspecified atom stereocenters. The van der Waals surface area contributed by atoms with Gasteiger partial charge >= 0.3 is 0 Å². The first-order valence-corrected chi connectivity index (χ1v) is 12.8. The molecule has 1 aromatic heterocycles. The molecular formula is C24H28N2O3S2. The molecule has 5 nitrogen and oxygen atoms in total. The van der Waals surface area contributed by atoms with Gasteiger partial charge in [-0.2, -0.15) is 0 Å². The summed E-state index contributed by atoms with van der Waals surface area (Å²) in [5, 5.41) is 12.8. The van der Waals surface area contributed by atoms with E-state index in [9.17, 15) is 14.7 Å². The van der Waals surface area contributed by atoms with E-state index in [0.29, 0.717) is 9.78 Å². The third-order valence-corrected chi connectivity index (χ3v) is 7.96. The Labute approximate surface area is 191 Å². The van der Waals surface area contributed by atoms with Gasteiger partial charge in [-0.3, -0.25) is 14.6 Å². The zero-order valence-electron chi connectivity index (χ0n) is 17.9. The summed E-state index contributed by atoms with van der Waals surface area (Å²) >= 11 is 2.83. The molecule has 0 spiro atoms. The van der Waals surface area contributed by atoms with Gasteiger partial charge in [0.05, 0.1) is 21.2 Å². The zero-order valence-corrected chi connectivity index (χ0v) is 19.5. The van der Waals surface area contributed by atoms with Gasteiger partial charge in [-0.15, -0.1) is 11.3 Å². The van der Waals surface area contributed by atoms with Gasteiger partial charge < -0.3 is 10.0 Å². The fourth-order valence-corrected chi connectivity index (χ4v) is 6.09. The average Bonchev–Trinajstić information content (AvgIpc) is 3.49. The summed E-state index contributed by atoms with van der Waals surface area (Å²) in [5.74, 6) is -1.44. The maximum atomic E-state index is 12.8. The molecule has 1 N–H and O–H groups in total. The molecule has 4 rings (SSSR count). The lowest BCUT2D eigenvalue weighted by Crippen LogP contribution is -2.28. The smallest absolute Gasteiger partial charge is 0.238 e. The van der Waals surface area contributed by atoms with Crippen molar-refractivity contribution in [1.29, 1.82) is 0 Å².